The molecule has 2 aromatic carbocycles. The summed E-state index contributed by atoms with van der Waals surface area (Å²) in [6.07, 6.45) is 3.80. The van der Waals surface area contributed by atoms with Gasteiger partial charge in [-0.25, -0.2) is 4.98 Å². The number of para-hydroxylation sites is 2. The molecule has 1 fully saturated rings. The maximum absolute atomic E-state index is 12.8. The normalized spacial score (nSPS) is 16.0. The lowest BCUT2D eigenvalue weighted by molar-refractivity contribution is -0.125. The molecule has 5 heteroatoms. The first-order chi connectivity index (χ1) is 15.2. The van der Waals surface area contributed by atoms with E-state index in [1.165, 1.54) is 5.56 Å². The van der Waals surface area contributed by atoms with Crippen molar-refractivity contribution in [1.29, 1.82) is 0 Å². The van der Waals surface area contributed by atoms with Crippen LogP contribution in [0.3, 0.4) is 0 Å². The number of amides is 1. The fourth-order valence-electron chi connectivity index (χ4n) is 4.59. The molecule has 4 aromatic rings. The number of nitrogens with one attached hydrogen (secondary N) is 1. The zero-order chi connectivity index (χ0) is 21.2. The third-order valence-electron chi connectivity index (χ3n) is 6.46. The quantitative estimate of drug-likeness (QED) is 0.520. The summed E-state index contributed by atoms with van der Waals surface area (Å²) in [5, 5.41) is 3.18. The molecule has 0 saturated carbocycles. The second-order valence-corrected chi connectivity index (χ2v) is 8.51. The average molecular weight is 413 g/mol. The fraction of sp³-hybridized carbons (Fsp3) is 0.308. The van der Waals surface area contributed by atoms with Crippen molar-refractivity contribution in [3.8, 4) is 0 Å². The van der Waals surface area contributed by atoms with E-state index in [1.807, 2.05) is 30.3 Å². The van der Waals surface area contributed by atoms with E-state index in [4.69, 9.17) is 4.98 Å². The molecule has 1 amide bonds. The van der Waals surface area contributed by atoms with Crippen LogP contribution < -0.4 is 10.2 Å². The minimum Gasteiger partial charge on any atom is -0.355 e. The molecule has 31 heavy (non-hydrogen) atoms. The second-order valence-electron chi connectivity index (χ2n) is 8.51. The minimum absolute atomic E-state index is 0.0717. The first kappa shape index (κ1) is 19.6. The smallest absolute Gasteiger partial charge is 0.223 e. The van der Waals surface area contributed by atoms with E-state index in [0.29, 0.717) is 12.5 Å². The zero-order valence-electron chi connectivity index (χ0n) is 17.9. The lowest BCUT2D eigenvalue weighted by Crippen LogP contribution is -2.41. The molecule has 3 heterocycles. The standard InChI is InChI=1S/C26H28N4O/c1-19(20-8-3-2-4-9-20)18-27-26(31)21-13-16-29(17-14-21)25-24-12-7-15-30(24)23-11-6-5-10-22(23)28-25/h2-12,15,19,21H,13-14,16-18H2,1H3,(H,27,31). The number of aromatic nitrogens is 2. The Bertz CT molecular complexity index is 1190. The van der Waals surface area contributed by atoms with Crippen molar-refractivity contribution in [2.45, 2.75) is 25.7 Å². The Labute approximate surface area is 182 Å². The van der Waals surface area contributed by atoms with Crippen LogP contribution in [0.5, 0.6) is 0 Å². The predicted molar refractivity (Wildman–Crippen MR) is 126 cm³/mol. The van der Waals surface area contributed by atoms with Crippen molar-refractivity contribution in [1.82, 2.24) is 14.7 Å². The highest BCUT2D eigenvalue weighted by Crippen LogP contribution is 2.29. The number of carbonyl (C=O) groups is 1. The molecule has 1 aliphatic heterocycles. The number of benzene rings is 2. The molecular formula is C26H28N4O. The highest BCUT2D eigenvalue weighted by molar-refractivity contribution is 5.85. The van der Waals surface area contributed by atoms with Gasteiger partial charge in [0.15, 0.2) is 5.82 Å². The van der Waals surface area contributed by atoms with Crippen molar-refractivity contribution in [3.63, 3.8) is 0 Å². The largest absolute Gasteiger partial charge is 0.355 e. The first-order valence-corrected chi connectivity index (χ1v) is 11.1. The van der Waals surface area contributed by atoms with Gasteiger partial charge < -0.3 is 14.6 Å². The van der Waals surface area contributed by atoms with Gasteiger partial charge in [-0.05, 0) is 48.6 Å². The molecule has 0 aliphatic carbocycles. The monoisotopic (exact) mass is 412 g/mol. The highest BCUT2D eigenvalue weighted by atomic mass is 16.1. The Morgan fingerprint density at radius 1 is 1.00 bits per heavy atom. The molecule has 5 rings (SSSR count). The molecule has 1 atom stereocenters. The third kappa shape index (κ3) is 3.88. The van der Waals surface area contributed by atoms with E-state index in [1.54, 1.807) is 0 Å². The van der Waals surface area contributed by atoms with Gasteiger partial charge in [0.1, 0.15) is 0 Å². The molecule has 1 saturated heterocycles. The van der Waals surface area contributed by atoms with Crippen LogP contribution in [0.1, 0.15) is 31.2 Å². The Morgan fingerprint density at radius 2 is 1.71 bits per heavy atom. The number of carbonyl (C=O) groups excluding carboxylic acids is 1. The SMILES string of the molecule is CC(CNC(=O)C1CCN(c2nc3ccccc3n3cccc23)CC1)c1ccccc1. The van der Waals surface area contributed by atoms with Gasteiger partial charge in [-0.2, -0.15) is 0 Å². The molecule has 0 spiro atoms. The van der Waals surface area contributed by atoms with Gasteiger partial charge in [-0.1, -0.05) is 49.4 Å². The number of hydrogen-bond acceptors (Lipinski definition) is 3. The van der Waals surface area contributed by atoms with Crippen LogP contribution in [0.2, 0.25) is 0 Å². The van der Waals surface area contributed by atoms with Crippen molar-refractivity contribution in [2.75, 3.05) is 24.5 Å². The number of fused-ring (bicyclic) bond motifs is 3. The molecule has 1 N–H and O–H groups in total. The Kier molecular flexibility index (Phi) is 5.33. The van der Waals surface area contributed by atoms with Crippen LogP contribution in [0.4, 0.5) is 5.82 Å². The zero-order valence-corrected chi connectivity index (χ0v) is 17.9. The van der Waals surface area contributed by atoms with E-state index in [9.17, 15) is 4.79 Å². The molecule has 2 aromatic heterocycles. The molecule has 0 bridgehead atoms. The van der Waals surface area contributed by atoms with E-state index in [2.05, 4.69) is 64.1 Å². The van der Waals surface area contributed by atoms with Crippen LogP contribution in [-0.2, 0) is 4.79 Å². The molecule has 1 unspecified atom stereocenters. The molecule has 158 valence electrons. The summed E-state index contributed by atoms with van der Waals surface area (Å²) in [6, 6.07) is 22.8. The number of hydrogen-bond donors (Lipinski definition) is 1. The van der Waals surface area contributed by atoms with E-state index >= 15 is 0 Å². The Hall–Kier alpha value is -3.34. The number of rotatable bonds is 5. The van der Waals surface area contributed by atoms with Gasteiger partial charge in [-0.3, -0.25) is 4.79 Å². The van der Waals surface area contributed by atoms with Gasteiger partial charge in [0.2, 0.25) is 5.91 Å². The summed E-state index contributed by atoms with van der Waals surface area (Å²) in [6.45, 7) is 4.53. The van der Waals surface area contributed by atoms with Gasteiger partial charge in [-0.15, -0.1) is 0 Å². The van der Waals surface area contributed by atoms with Gasteiger partial charge in [0.05, 0.1) is 16.6 Å². The molecular weight excluding hydrogens is 384 g/mol. The molecule has 1 aliphatic rings. The number of nitrogens with zero attached hydrogens (tertiary/aromatic N) is 3. The topological polar surface area (TPSA) is 49.6 Å². The average Bonchev–Trinajstić information content (AvgIpc) is 3.33. The van der Waals surface area contributed by atoms with Crippen molar-refractivity contribution >= 4 is 28.3 Å². The van der Waals surface area contributed by atoms with Crippen LogP contribution in [-0.4, -0.2) is 34.9 Å². The summed E-state index contributed by atoms with van der Waals surface area (Å²) in [5.41, 5.74) is 4.50. The molecule has 0 radical (unpaired) electrons. The van der Waals surface area contributed by atoms with E-state index in [0.717, 1.165) is 48.3 Å². The number of piperidine rings is 1. The maximum atomic E-state index is 12.8. The third-order valence-corrected chi connectivity index (χ3v) is 6.46. The second kappa shape index (κ2) is 8.42. The fourth-order valence-corrected chi connectivity index (χ4v) is 4.59. The van der Waals surface area contributed by atoms with Crippen LogP contribution in [0, 0.1) is 5.92 Å². The van der Waals surface area contributed by atoms with Crippen molar-refractivity contribution in [2.24, 2.45) is 5.92 Å². The van der Waals surface area contributed by atoms with Crippen molar-refractivity contribution in [3.05, 3.63) is 78.5 Å². The number of anilines is 1. The summed E-state index contributed by atoms with van der Waals surface area (Å²) in [7, 11) is 0. The summed E-state index contributed by atoms with van der Waals surface area (Å²) in [5.74, 6) is 1.58. The highest BCUT2D eigenvalue weighted by Gasteiger charge is 2.27. The van der Waals surface area contributed by atoms with Gasteiger partial charge in [0, 0.05) is 31.7 Å². The molecule has 5 nitrogen and oxygen atoms in total. The van der Waals surface area contributed by atoms with E-state index < -0.39 is 0 Å². The lowest BCUT2D eigenvalue weighted by Gasteiger charge is -2.33. The lowest BCUT2D eigenvalue weighted by atomic mass is 9.95. The van der Waals surface area contributed by atoms with Crippen LogP contribution in [0.15, 0.2) is 72.9 Å². The van der Waals surface area contributed by atoms with Gasteiger partial charge in [0.25, 0.3) is 0 Å². The van der Waals surface area contributed by atoms with Crippen LogP contribution >= 0.6 is 0 Å². The Balaban J connectivity index is 1.24. The van der Waals surface area contributed by atoms with Gasteiger partial charge >= 0.3 is 0 Å². The predicted octanol–water partition coefficient (Wildman–Crippen LogP) is 4.62. The Morgan fingerprint density at radius 3 is 2.52 bits per heavy atom. The van der Waals surface area contributed by atoms with E-state index in [-0.39, 0.29) is 11.8 Å². The summed E-state index contributed by atoms with van der Waals surface area (Å²) in [4.78, 5) is 20.1. The minimum atomic E-state index is 0.0717. The maximum Gasteiger partial charge on any atom is 0.223 e. The summed E-state index contributed by atoms with van der Waals surface area (Å²) < 4.78 is 2.21. The van der Waals surface area contributed by atoms with Crippen molar-refractivity contribution < 1.29 is 4.79 Å². The first-order valence-electron chi connectivity index (χ1n) is 11.1. The van der Waals surface area contributed by atoms with Crippen LogP contribution in [0.25, 0.3) is 16.6 Å². The summed E-state index contributed by atoms with van der Waals surface area (Å²) >= 11 is 0.